The number of rotatable bonds is 4. The van der Waals surface area contributed by atoms with Crippen molar-refractivity contribution >= 4 is 35.1 Å². The molecule has 2 aliphatic heterocycles. The van der Waals surface area contributed by atoms with Gasteiger partial charge in [0.25, 0.3) is 11.8 Å². The average molecular weight is 501 g/mol. The monoisotopic (exact) mass is 500 g/mol. The molecule has 4 heterocycles. The largest absolute Gasteiger partial charge is 0.469 e. The number of hydrogen-bond acceptors (Lipinski definition) is 6. The van der Waals surface area contributed by atoms with Gasteiger partial charge in [0.2, 0.25) is 11.8 Å². The fourth-order valence-electron chi connectivity index (χ4n) is 5.63. The Kier molecular flexibility index (Phi) is 5.32. The highest BCUT2D eigenvalue weighted by atomic mass is 16.3. The zero-order valence-corrected chi connectivity index (χ0v) is 20.1. The highest BCUT2D eigenvalue weighted by Gasteiger charge is 2.39. The molecule has 0 spiro atoms. The van der Waals surface area contributed by atoms with Crippen LogP contribution in [-0.4, -0.2) is 45.3 Å². The van der Waals surface area contributed by atoms with Gasteiger partial charge in [-0.05, 0) is 61.2 Å². The van der Waals surface area contributed by atoms with Crippen molar-refractivity contribution in [3.05, 3.63) is 76.0 Å². The molecule has 1 aliphatic carbocycles. The maximum atomic E-state index is 13.2. The van der Waals surface area contributed by atoms with E-state index in [1.54, 1.807) is 37.5 Å². The lowest BCUT2D eigenvalue weighted by Crippen LogP contribution is -2.52. The Labute approximate surface area is 211 Å². The summed E-state index contributed by atoms with van der Waals surface area (Å²) in [6, 6.07) is 7.93. The number of amides is 4. The Morgan fingerprint density at radius 2 is 1.97 bits per heavy atom. The van der Waals surface area contributed by atoms with Crippen molar-refractivity contribution in [2.24, 2.45) is 0 Å². The van der Waals surface area contributed by atoms with Crippen LogP contribution in [0.2, 0.25) is 0 Å². The van der Waals surface area contributed by atoms with Crippen LogP contribution in [0.5, 0.6) is 0 Å². The van der Waals surface area contributed by atoms with Crippen LogP contribution in [0.15, 0.2) is 41.0 Å². The van der Waals surface area contributed by atoms with Gasteiger partial charge in [0.05, 0.1) is 6.26 Å². The van der Waals surface area contributed by atoms with Crippen LogP contribution < -0.4 is 10.6 Å². The highest BCUT2D eigenvalue weighted by Crippen LogP contribution is 2.35. The lowest BCUT2D eigenvalue weighted by molar-refractivity contribution is -0.136. The first-order chi connectivity index (χ1) is 17.8. The molecule has 4 amide bonds. The summed E-state index contributed by atoms with van der Waals surface area (Å²) in [4.78, 5) is 67.3. The molecule has 1 saturated heterocycles. The molecule has 188 valence electrons. The van der Waals surface area contributed by atoms with Gasteiger partial charge in [-0.25, -0.2) is 0 Å². The van der Waals surface area contributed by atoms with E-state index in [0.717, 1.165) is 11.5 Å². The van der Waals surface area contributed by atoms with Crippen molar-refractivity contribution in [3.63, 3.8) is 0 Å². The number of piperidine rings is 1. The first kappa shape index (κ1) is 23.0. The van der Waals surface area contributed by atoms with Crippen molar-refractivity contribution in [2.45, 2.75) is 51.1 Å². The summed E-state index contributed by atoms with van der Waals surface area (Å²) < 4.78 is 5.49. The standard InChI is InChI=1S/C27H24N4O6/c1-13-23-18(10-14(11-20(23)32)21-3-2-8-37-21)29-24(13)26(35)28-16-4-5-17-15(9-16)12-31(27(17)36)19-6-7-22(33)30-25(19)34/h2-5,8-9,14,19,29H,6-7,10-12H2,1H3,(H,28,35)(H,30,33,34). The van der Waals surface area contributed by atoms with Gasteiger partial charge in [-0.1, -0.05) is 0 Å². The summed E-state index contributed by atoms with van der Waals surface area (Å²) in [5.74, 6) is -0.835. The Balaban J connectivity index is 1.20. The van der Waals surface area contributed by atoms with Gasteiger partial charge >= 0.3 is 0 Å². The molecule has 10 nitrogen and oxygen atoms in total. The summed E-state index contributed by atoms with van der Waals surface area (Å²) in [5.41, 5.74) is 3.85. The smallest absolute Gasteiger partial charge is 0.272 e. The van der Waals surface area contributed by atoms with Gasteiger partial charge < -0.3 is 19.6 Å². The summed E-state index contributed by atoms with van der Waals surface area (Å²) in [5, 5.41) is 5.15. The molecule has 0 saturated carbocycles. The zero-order chi connectivity index (χ0) is 25.8. The van der Waals surface area contributed by atoms with Gasteiger partial charge in [0, 0.05) is 47.8 Å². The number of carbonyl (C=O) groups is 5. The van der Waals surface area contributed by atoms with Crippen LogP contribution in [0.25, 0.3) is 0 Å². The number of imide groups is 1. The molecule has 3 aliphatic rings. The van der Waals surface area contributed by atoms with Crippen molar-refractivity contribution < 1.29 is 28.4 Å². The molecular formula is C27H24N4O6. The summed E-state index contributed by atoms with van der Waals surface area (Å²) >= 11 is 0. The SMILES string of the molecule is Cc1c(C(=O)Nc2ccc3c(c2)CN(C2CCC(=O)NC2=O)C3=O)[nH]c2c1C(=O)CC(c1ccco1)C2. The van der Waals surface area contributed by atoms with Crippen LogP contribution >= 0.6 is 0 Å². The molecular weight excluding hydrogens is 476 g/mol. The van der Waals surface area contributed by atoms with Crippen molar-refractivity contribution in [3.8, 4) is 0 Å². The Hall–Kier alpha value is -4.47. The molecule has 37 heavy (non-hydrogen) atoms. The maximum Gasteiger partial charge on any atom is 0.272 e. The van der Waals surface area contributed by atoms with E-state index >= 15 is 0 Å². The van der Waals surface area contributed by atoms with Crippen molar-refractivity contribution in [1.82, 2.24) is 15.2 Å². The van der Waals surface area contributed by atoms with E-state index in [1.807, 2.05) is 6.07 Å². The molecule has 6 rings (SSSR count). The second-order valence-electron chi connectivity index (χ2n) is 9.75. The van der Waals surface area contributed by atoms with Gasteiger partial charge in [0.1, 0.15) is 17.5 Å². The van der Waals surface area contributed by atoms with E-state index in [4.69, 9.17) is 4.42 Å². The molecule has 0 radical (unpaired) electrons. The Bertz CT molecular complexity index is 1480. The number of H-pyrrole nitrogens is 1. The second kappa shape index (κ2) is 8.58. The number of aromatic amines is 1. The molecule has 1 fully saturated rings. The number of hydrogen-bond donors (Lipinski definition) is 3. The minimum atomic E-state index is -0.703. The second-order valence-corrected chi connectivity index (χ2v) is 9.75. The number of Topliss-reactive ketones (excluding diaryl/α,β-unsaturated/α-hetero) is 1. The van der Waals surface area contributed by atoms with Crippen LogP contribution in [0.1, 0.15) is 79.0 Å². The van der Waals surface area contributed by atoms with Crippen molar-refractivity contribution in [2.75, 3.05) is 5.32 Å². The van der Waals surface area contributed by atoms with E-state index in [0.29, 0.717) is 46.5 Å². The van der Waals surface area contributed by atoms with Gasteiger partial charge in [-0.2, -0.15) is 0 Å². The Morgan fingerprint density at radius 3 is 2.73 bits per heavy atom. The predicted octanol–water partition coefficient (Wildman–Crippen LogP) is 2.84. The number of furan rings is 1. The van der Waals surface area contributed by atoms with Gasteiger partial charge in [0.15, 0.2) is 5.78 Å². The first-order valence-corrected chi connectivity index (χ1v) is 12.2. The van der Waals surface area contributed by atoms with Gasteiger partial charge in [-0.15, -0.1) is 0 Å². The zero-order valence-electron chi connectivity index (χ0n) is 20.1. The van der Waals surface area contributed by atoms with E-state index in [2.05, 4.69) is 15.6 Å². The number of nitrogens with zero attached hydrogens (tertiary/aromatic N) is 1. The number of fused-ring (bicyclic) bond motifs is 2. The number of benzene rings is 1. The number of aromatic nitrogens is 1. The molecule has 0 bridgehead atoms. The Morgan fingerprint density at radius 1 is 1.14 bits per heavy atom. The quantitative estimate of drug-likeness (QED) is 0.471. The number of carbonyl (C=O) groups excluding carboxylic acids is 5. The normalized spacial score (nSPS) is 21.1. The molecule has 2 unspecified atom stereocenters. The lowest BCUT2D eigenvalue weighted by atomic mass is 9.84. The minimum absolute atomic E-state index is 0.0277. The maximum absolute atomic E-state index is 13.2. The fourth-order valence-corrected chi connectivity index (χ4v) is 5.63. The molecule has 1 aromatic carbocycles. The fraction of sp³-hybridized carbons (Fsp3) is 0.296. The molecule has 2 aromatic heterocycles. The van der Waals surface area contributed by atoms with Crippen LogP contribution in [0.3, 0.4) is 0 Å². The lowest BCUT2D eigenvalue weighted by Gasteiger charge is -2.29. The van der Waals surface area contributed by atoms with Gasteiger partial charge in [-0.3, -0.25) is 29.3 Å². The van der Waals surface area contributed by atoms with Crippen molar-refractivity contribution in [1.29, 1.82) is 0 Å². The third kappa shape index (κ3) is 3.85. The minimum Gasteiger partial charge on any atom is -0.469 e. The number of ketones is 1. The highest BCUT2D eigenvalue weighted by molar-refractivity contribution is 6.09. The van der Waals surface area contributed by atoms with Crippen LogP contribution in [0.4, 0.5) is 5.69 Å². The molecule has 3 aromatic rings. The molecule has 3 N–H and O–H groups in total. The first-order valence-electron chi connectivity index (χ1n) is 12.2. The van der Waals surface area contributed by atoms with E-state index in [9.17, 15) is 24.0 Å². The third-order valence-electron chi connectivity index (χ3n) is 7.44. The number of nitrogens with one attached hydrogen (secondary N) is 3. The molecule has 2 atom stereocenters. The van der Waals surface area contributed by atoms with E-state index in [-0.39, 0.29) is 48.8 Å². The third-order valence-corrected chi connectivity index (χ3v) is 7.44. The van der Waals surface area contributed by atoms with Crippen LogP contribution in [-0.2, 0) is 22.6 Å². The summed E-state index contributed by atoms with van der Waals surface area (Å²) in [7, 11) is 0. The van der Waals surface area contributed by atoms with E-state index < -0.39 is 11.9 Å². The topological polar surface area (TPSA) is 142 Å². The number of anilines is 1. The molecule has 10 heteroatoms. The predicted molar refractivity (Wildman–Crippen MR) is 130 cm³/mol. The summed E-state index contributed by atoms with van der Waals surface area (Å²) in [6.07, 6.45) is 2.94. The van der Waals surface area contributed by atoms with E-state index in [1.165, 1.54) is 4.90 Å². The average Bonchev–Trinajstić information content (AvgIpc) is 3.58. The van der Waals surface area contributed by atoms with Crippen LogP contribution in [0, 0.1) is 6.92 Å². The summed E-state index contributed by atoms with van der Waals surface area (Å²) in [6.45, 7) is 1.97.